The minimum absolute atomic E-state index is 0.312. The van der Waals surface area contributed by atoms with E-state index in [-0.39, 0.29) is 6.10 Å². The van der Waals surface area contributed by atoms with E-state index in [1.807, 2.05) is 0 Å². The van der Waals surface area contributed by atoms with Crippen molar-refractivity contribution in [1.29, 1.82) is 0 Å². The van der Waals surface area contributed by atoms with Crippen LogP contribution in [-0.2, 0) is 9.47 Å². The molecule has 4 nitrogen and oxygen atoms in total. The Morgan fingerprint density at radius 1 is 0.474 bits per heavy atom. The lowest BCUT2D eigenvalue weighted by Crippen LogP contribution is -2.33. The van der Waals surface area contributed by atoms with Gasteiger partial charge in [0.15, 0.2) is 0 Å². The molecule has 38 heavy (non-hydrogen) atoms. The topological polar surface area (TPSA) is 58.9 Å². The standard InChI is InChI=1S/C34H70O4/c1-4-6-8-10-12-14-16-18-20-22-24-26-28-37-31-33(36)30-34(32(3)35)38-29-27-25-23-21-19-17-15-13-11-9-7-5-2/h32-36H,4-31H2,1-3H3. The van der Waals surface area contributed by atoms with Gasteiger partial charge in [0.1, 0.15) is 0 Å². The highest BCUT2D eigenvalue weighted by atomic mass is 16.5. The summed E-state index contributed by atoms with van der Waals surface area (Å²) in [4.78, 5) is 0. The van der Waals surface area contributed by atoms with Gasteiger partial charge >= 0.3 is 0 Å². The quantitative estimate of drug-likeness (QED) is 0.0830. The molecular weight excluding hydrogens is 472 g/mol. The van der Waals surface area contributed by atoms with Crippen LogP contribution >= 0.6 is 0 Å². The van der Waals surface area contributed by atoms with Crippen molar-refractivity contribution < 1.29 is 19.7 Å². The van der Waals surface area contributed by atoms with Crippen LogP contribution < -0.4 is 0 Å². The molecule has 0 saturated carbocycles. The van der Waals surface area contributed by atoms with Crippen molar-refractivity contribution in [1.82, 2.24) is 0 Å². The van der Waals surface area contributed by atoms with Crippen molar-refractivity contribution in [3.05, 3.63) is 0 Å². The van der Waals surface area contributed by atoms with Crippen LogP contribution in [0, 0.1) is 0 Å². The Hall–Kier alpha value is -0.160. The maximum absolute atomic E-state index is 10.3. The second-order valence-corrected chi connectivity index (χ2v) is 11.9. The van der Waals surface area contributed by atoms with E-state index in [0.29, 0.717) is 26.2 Å². The monoisotopic (exact) mass is 543 g/mol. The van der Waals surface area contributed by atoms with E-state index in [9.17, 15) is 10.2 Å². The summed E-state index contributed by atoms with van der Waals surface area (Å²) in [5, 5.41) is 20.4. The largest absolute Gasteiger partial charge is 0.391 e. The number of aliphatic hydroxyl groups is 2. The molecule has 3 atom stereocenters. The molecule has 0 spiro atoms. The molecule has 0 rings (SSSR count). The van der Waals surface area contributed by atoms with Gasteiger partial charge in [-0.1, -0.05) is 155 Å². The molecule has 3 unspecified atom stereocenters. The molecular formula is C34H70O4. The van der Waals surface area contributed by atoms with Crippen molar-refractivity contribution in [3.63, 3.8) is 0 Å². The predicted octanol–water partition coefficient (Wildman–Crippen LogP) is 9.92. The molecule has 2 N–H and O–H groups in total. The number of aliphatic hydroxyl groups excluding tert-OH is 2. The summed E-state index contributed by atoms with van der Waals surface area (Å²) in [6.45, 7) is 8.02. The molecule has 0 aromatic rings. The summed E-state index contributed by atoms with van der Waals surface area (Å²) in [7, 11) is 0. The Kier molecular flexibility index (Phi) is 31.2. The lowest BCUT2D eigenvalue weighted by Gasteiger charge is -2.23. The van der Waals surface area contributed by atoms with Gasteiger partial charge in [0.2, 0.25) is 0 Å². The molecule has 0 saturated heterocycles. The second kappa shape index (κ2) is 31.4. The molecule has 0 amide bonds. The number of hydrogen-bond acceptors (Lipinski definition) is 4. The van der Waals surface area contributed by atoms with Crippen molar-refractivity contribution >= 4 is 0 Å². The van der Waals surface area contributed by atoms with E-state index >= 15 is 0 Å². The van der Waals surface area contributed by atoms with Gasteiger partial charge in [0.25, 0.3) is 0 Å². The van der Waals surface area contributed by atoms with Crippen LogP contribution in [-0.4, -0.2) is 48.3 Å². The summed E-state index contributed by atoms with van der Waals surface area (Å²) < 4.78 is 11.6. The van der Waals surface area contributed by atoms with E-state index in [4.69, 9.17) is 9.47 Å². The van der Waals surface area contributed by atoms with Gasteiger partial charge in [-0.3, -0.25) is 0 Å². The molecule has 0 aliphatic carbocycles. The Bertz CT molecular complexity index is 429. The number of ether oxygens (including phenoxy) is 2. The first-order valence-corrected chi connectivity index (χ1v) is 17.2. The molecule has 0 aliphatic rings. The molecule has 0 bridgehead atoms. The van der Waals surface area contributed by atoms with Gasteiger partial charge in [-0.2, -0.15) is 0 Å². The van der Waals surface area contributed by atoms with Crippen LogP contribution in [0.5, 0.6) is 0 Å². The summed E-state index contributed by atoms with van der Waals surface area (Å²) >= 11 is 0. The van der Waals surface area contributed by atoms with E-state index in [2.05, 4.69) is 13.8 Å². The maximum atomic E-state index is 10.3. The fourth-order valence-corrected chi connectivity index (χ4v) is 5.18. The smallest absolute Gasteiger partial charge is 0.0856 e. The van der Waals surface area contributed by atoms with Gasteiger partial charge in [-0.15, -0.1) is 0 Å². The van der Waals surface area contributed by atoms with Gasteiger partial charge in [-0.25, -0.2) is 0 Å². The van der Waals surface area contributed by atoms with Crippen LogP contribution in [0.2, 0.25) is 0 Å². The number of unbranched alkanes of at least 4 members (excludes halogenated alkanes) is 22. The van der Waals surface area contributed by atoms with Crippen LogP contribution in [0.3, 0.4) is 0 Å². The van der Waals surface area contributed by atoms with E-state index < -0.39 is 12.2 Å². The summed E-state index contributed by atoms with van der Waals surface area (Å²) in [6.07, 6.45) is 30.9. The Labute approximate surface area is 239 Å². The predicted molar refractivity (Wildman–Crippen MR) is 165 cm³/mol. The van der Waals surface area contributed by atoms with Crippen molar-refractivity contribution in [2.75, 3.05) is 19.8 Å². The number of rotatable bonds is 32. The lowest BCUT2D eigenvalue weighted by molar-refractivity contribution is -0.0666. The first kappa shape index (κ1) is 37.8. The van der Waals surface area contributed by atoms with Gasteiger partial charge in [0, 0.05) is 19.6 Å². The molecule has 230 valence electrons. The average Bonchev–Trinajstić information content (AvgIpc) is 2.90. The van der Waals surface area contributed by atoms with Gasteiger partial charge in [0.05, 0.1) is 24.9 Å². The van der Waals surface area contributed by atoms with Crippen molar-refractivity contribution in [2.45, 2.75) is 200 Å². The Morgan fingerprint density at radius 3 is 1.18 bits per heavy atom. The van der Waals surface area contributed by atoms with Crippen molar-refractivity contribution in [2.24, 2.45) is 0 Å². The molecule has 0 aromatic heterocycles. The van der Waals surface area contributed by atoms with Crippen molar-refractivity contribution in [3.8, 4) is 0 Å². The van der Waals surface area contributed by atoms with E-state index in [1.54, 1.807) is 6.92 Å². The van der Waals surface area contributed by atoms with E-state index in [0.717, 1.165) is 12.8 Å². The Morgan fingerprint density at radius 2 is 0.816 bits per heavy atom. The van der Waals surface area contributed by atoms with Crippen LogP contribution in [0.15, 0.2) is 0 Å². The highest BCUT2D eigenvalue weighted by Crippen LogP contribution is 2.15. The van der Waals surface area contributed by atoms with Crippen LogP contribution in [0.4, 0.5) is 0 Å². The fraction of sp³-hybridized carbons (Fsp3) is 1.00. The summed E-state index contributed by atoms with van der Waals surface area (Å²) in [6, 6.07) is 0. The maximum Gasteiger partial charge on any atom is 0.0856 e. The fourth-order valence-electron chi connectivity index (χ4n) is 5.18. The van der Waals surface area contributed by atoms with Crippen LogP contribution in [0.25, 0.3) is 0 Å². The summed E-state index contributed by atoms with van der Waals surface area (Å²) in [5.41, 5.74) is 0. The number of hydrogen-bond donors (Lipinski definition) is 2. The zero-order chi connectivity index (χ0) is 27.9. The summed E-state index contributed by atoms with van der Waals surface area (Å²) in [5.74, 6) is 0. The first-order chi connectivity index (χ1) is 18.6. The van der Waals surface area contributed by atoms with E-state index in [1.165, 1.54) is 141 Å². The third-order valence-electron chi connectivity index (χ3n) is 7.82. The molecule has 0 heterocycles. The van der Waals surface area contributed by atoms with Gasteiger partial charge in [-0.05, 0) is 19.8 Å². The third-order valence-corrected chi connectivity index (χ3v) is 7.82. The zero-order valence-electron chi connectivity index (χ0n) is 26.2. The minimum atomic E-state index is -0.575. The second-order valence-electron chi connectivity index (χ2n) is 11.9. The Balaban J connectivity index is 3.52. The lowest BCUT2D eigenvalue weighted by atomic mass is 10.1. The molecule has 0 radical (unpaired) electrons. The minimum Gasteiger partial charge on any atom is -0.391 e. The van der Waals surface area contributed by atoms with Crippen LogP contribution in [0.1, 0.15) is 181 Å². The zero-order valence-corrected chi connectivity index (χ0v) is 26.2. The highest BCUT2D eigenvalue weighted by molar-refractivity contribution is 4.70. The highest BCUT2D eigenvalue weighted by Gasteiger charge is 2.20. The SMILES string of the molecule is CCCCCCCCCCCCCCOCC(O)CC(OCCCCCCCCCCCCCC)C(C)O. The third kappa shape index (κ3) is 28.8. The molecule has 0 fully saturated rings. The van der Waals surface area contributed by atoms with Gasteiger partial charge < -0.3 is 19.7 Å². The normalized spacial score (nSPS) is 14.1. The first-order valence-electron chi connectivity index (χ1n) is 17.2. The average molecular weight is 543 g/mol. The molecule has 0 aromatic carbocycles. The molecule has 0 aliphatic heterocycles. The molecule has 4 heteroatoms.